The molecule has 2 fully saturated rings. The van der Waals surface area contributed by atoms with Gasteiger partial charge >= 0.3 is 0 Å². The summed E-state index contributed by atoms with van der Waals surface area (Å²) in [4.78, 5) is 31.2. The Bertz CT molecular complexity index is 586. The minimum absolute atomic E-state index is 0.00711. The normalized spacial score (nSPS) is 22.6. The van der Waals surface area contributed by atoms with Gasteiger partial charge in [-0.3, -0.25) is 14.6 Å². The molecule has 6 nitrogen and oxygen atoms in total. The highest BCUT2D eigenvalue weighted by Gasteiger charge is 2.30. The van der Waals surface area contributed by atoms with Crippen LogP contribution in [0.15, 0.2) is 24.5 Å². The maximum atomic E-state index is 12.8. The zero-order valence-electron chi connectivity index (χ0n) is 14.9. The van der Waals surface area contributed by atoms with Gasteiger partial charge < -0.3 is 15.5 Å². The largest absolute Gasteiger partial charge is 0.353 e. The van der Waals surface area contributed by atoms with Gasteiger partial charge in [-0.1, -0.05) is 18.9 Å². The molecule has 6 heteroatoms. The lowest BCUT2D eigenvalue weighted by Crippen LogP contribution is -2.50. The average molecular weight is 344 g/mol. The summed E-state index contributed by atoms with van der Waals surface area (Å²) in [5.74, 6) is 0.344. The fraction of sp³-hybridized carbons (Fsp3) is 0.632. The Morgan fingerprint density at radius 3 is 2.92 bits per heavy atom. The van der Waals surface area contributed by atoms with Gasteiger partial charge in [0, 0.05) is 50.4 Å². The molecule has 136 valence electrons. The maximum absolute atomic E-state index is 12.8. The van der Waals surface area contributed by atoms with Crippen molar-refractivity contribution in [1.82, 2.24) is 20.5 Å². The predicted octanol–water partition coefficient (Wildman–Crippen LogP) is 1.64. The van der Waals surface area contributed by atoms with Gasteiger partial charge in [-0.25, -0.2) is 0 Å². The first kappa shape index (κ1) is 17.9. The highest BCUT2D eigenvalue weighted by atomic mass is 16.2. The van der Waals surface area contributed by atoms with E-state index in [2.05, 4.69) is 15.6 Å². The van der Waals surface area contributed by atoms with E-state index in [0.29, 0.717) is 13.0 Å². The first-order valence-corrected chi connectivity index (χ1v) is 9.35. The number of hydrogen-bond acceptors (Lipinski definition) is 4. The first-order valence-electron chi connectivity index (χ1n) is 9.35. The van der Waals surface area contributed by atoms with Crippen molar-refractivity contribution in [2.45, 2.75) is 51.1 Å². The molecule has 2 N–H and O–H groups in total. The number of hydrogen-bond donors (Lipinski definition) is 2. The van der Waals surface area contributed by atoms with Crippen LogP contribution < -0.4 is 10.6 Å². The second-order valence-electron chi connectivity index (χ2n) is 7.19. The molecule has 2 atom stereocenters. The van der Waals surface area contributed by atoms with Gasteiger partial charge in [-0.2, -0.15) is 0 Å². The van der Waals surface area contributed by atoms with E-state index in [-0.39, 0.29) is 29.8 Å². The van der Waals surface area contributed by atoms with E-state index >= 15 is 0 Å². The Kier molecular flexibility index (Phi) is 6.02. The summed E-state index contributed by atoms with van der Waals surface area (Å²) < 4.78 is 0. The highest BCUT2D eigenvalue weighted by molar-refractivity contribution is 5.81. The SMILES string of the molecule is CC(CC(=O)N1CCNCC1c1cccnc1)NC(=O)C1CCCC1. The smallest absolute Gasteiger partial charge is 0.225 e. The van der Waals surface area contributed by atoms with E-state index in [4.69, 9.17) is 0 Å². The van der Waals surface area contributed by atoms with Crippen molar-refractivity contribution in [3.63, 3.8) is 0 Å². The van der Waals surface area contributed by atoms with Crippen LogP contribution in [0.4, 0.5) is 0 Å². The molecule has 1 aromatic rings. The second-order valence-corrected chi connectivity index (χ2v) is 7.19. The number of rotatable bonds is 5. The summed E-state index contributed by atoms with van der Waals surface area (Å²) in [7, 11) is 0. The van der Waals surface area contributed by atoms with Crippen molar-refractivity contribution >= 4 is 11.8 Å². The summed E-state index contributed by atoms with van der Waals surface area (Å²) in [6.07, 6.45) is 8.14. The minimum Gasteiger partial charge on any atom is -0.353 e. The quantitative estimate of drug-likeness (QED) is 0.852. The Morgan fingerprint density at radius 1 is 1.40 bits per heavy atom. The van der Waals surface area contributed by atoms with Crippen LogP contribution in [0.2, 0.25) is 0 Å². The van der Waals surface area contributed by atoms with Crippen molar-refractivity contribution in [3.05, 3.63) is 30.1 Å². The lowest BCUT2D eigenvalue weighted by molar-refractivity contribution is -0.135. The van der Waals surface area contributed by atoms with Gasteiger partial charge in [0.15, 0.2) is 0 Å². The summed E-state index contributed by atoms with van der Waals surface area (Å²) in [5, 5.41) is 6.38. The van der Waals surface area contributed by atoms with E-state index < -0.39 is 0 Å². The Balaban J connectivity index is 1.57. The zero-order chi connectivity index (χ0) is 17.6. The molecule has 0 spiro atoms. The van der Waals surface area contributed by atoms with Crippen LogP contribution >= 0.6 is 0 Å². The lowest BCUT2D eigenvalue weighted by Gasteiger charge is -2.37. The number of nitrogens with one attached hydrogen (secondary N) is 2. The van der Waals surface area contributed by atoms with Gasteiger partial charge in [-0.15, -0.1) is 0 Å². The summed E-state index contributed by atoms with van der Waals surface area (Å²) >= 11 is 0. The molecule has 1 aliphatic carbocycles. The van der Waals surface area contributed by atoms with Crippen LogP contribution in [0, 0.1) is 5.92 Å². The van der Waals surface area contributed by atoms with Gasteiger partial charge in [0.1, 0.15) is 0 Å². The molecule has 2 amide bonds. The van der Waals surface area contributed by atoms with Crippen molar-refractivity contribution in [3.8, 4) is 0 Å². The molecule has 1 saturated heterocycles. The van der Waals surface area contributed by atoms with E-state index in [1.54, 1.807) is 6.20 Å². The molecule has 0 aromatic carbocycles. The third kappa shape index (κ3) is 4.57. The molecule has 1 aromatic heterocycles. The van der Waals surface area contributed by atoms with Crippen molar-refractivity contribution in [2.75, 3.05) is 19.6 Å². The molecule has 2 heterocycles. The number of amides is 2. The number of piperazine rings is 1. The number of carbonyl (C=O) groups excluding carboxylic acids is 2. The van der Waals surface area contributed by atoms with Crippen LogP contribution in [0.5, 0.6) is 0 Å². The molecular formula is C19H28N4O2. The topological polar surface area (TPSA) is 74.3 Å². The van der Waals surface area contributed by atoms with Crippen molar-refractivity contribution in [2.24, 2.45) is 5.92 Å². The molecule has 2 unspecified atom stereocenters. The molecule has 25 heavy (non-hydrogen) atoms. The molecular weight excluding hydrogens is 316 g/mol. The van der Waals surface area contributed by atoms with Crippen LogP contribution in [-0.2, 0) is 9.59 Å². The van der Waals surface area contributed by atoms with Gasteiger partial charge in [0.25, 0.3) is 0 Å². The molecule has 1 saturated carbocycles. The number of pyridine rings is 1. The fourth-order valence-electron chi connectivity index (χ4n) is 3.85. The average Bonchev–Trinajstić information content (AvgIpc) is 3.17. The van der Waals surface area contributed by atoms with E-state index in [0.717, 1.165) is 44.3 Å². The summed E-state index contributed by atoms with van der Waals surface area (Å²) in [5.41, 5.74) is 1.05. The van der Waals surface area contributed by atoms with Crippen LogP contribution in [0.25, 0.3) is 0 Å². The number of aromatic nitrogens is 1. The lowest BCUT2D eigenvalue weighted by atomic mass is 10.0. The van der Waals surface area contributed by atoms with Crippen LogP contribution in [0.1, 0.15) is 50.6 Å². The Morgan fingerprint density at radius 2 is 2.20 bits per heavy atom. The first-order chi connectivity index (χ1) is 12.1. The number of nitrogens with zero attached hydrogens (tertiary/aromatic N) is 2. The monoisotopic (exact) mass is 344 g/mol. The van der Waals surface area contributed by atoms with Gasteiger partial charge in [0.2, 0.25) is 11.8 Å². The van der Waals surface area contributed by atoms with E-state index in [1.165, 1.54) is 0 Å². The third-order valence-corrected chi connectivity index (χ3v) is 5.23. The van der Waals surface area contributed by atoms with Crippen molar-refractivity contribution < 1.29 is 9.59 Å². The fourth-order valence-corrected chi connectivity index (χ4v) is 3.85. The summed E-state index contributed by atoms with van der Waals surface area (Å²) in [6.45, 7) is 4.14. The highest BCUT2D eigenvalue weighted by Crippen LogP contribution is 2.25. The van der Waals surface area contributed by atoms with Crippen LogP contribution in [-0.4, -0.2) is 47.4 Å². The third-order valence-electron chi connectivity index (χ3n) is 5.23. The standard InChI is InChI=1S/C19H28N4O2/c1-14(22-19(25)15-5-2-3-6-15)11-18(24)23-10-9-21-13-17(23)16-7-4-8-20-12-16/h4,7-8,12,14-15,17,21H,2-3,5-6,9-11,13H2,1H3,(H,22,25). The molecule has 0 radical (unpaired) electrons. The second kappa shape index (κ2) is 8.43. The number of carbonyl (C=O) groups is 2. The minimum atomic E-state index is -0.134. The van der Waals surface area contributed by atoms with Gasteiger partial charge in [-0.05, 0) is 31.4 Å². The molecule has 2 aliphatic rings. The van der Waals surface area contributed by atoms with Crippen LogP contribution in [0.3, 0.4) is 0 Å². The Labute approximate surface area is 149 Å². The molecule has 1 aliphatic heterocycles. The van der Waals surface area contributed by atoms with E-state index in [9.17, 15) is 9.59 Å². The summed E-state index contributed by atoms with van der Waals surface area (Å²) in [6, 6.07) is 3.78. The molecule has 3 rings (SSSR count). The zero-order valence-corrected chi connectivity index (χ0v) is 14.9. The maximum Gasteiger partial charge on any atom is 0.225 e. The predicted molar refractivity (Wildman–Crippen MR) is 95.7 cm³/mol. The van der Waals surface area contributed by atoms with E-state index in [1.807, 2.05) is 30.2 Å². The molecule has 0 bridgehead atoms. The van der Waals surface area contributed by atoms with Crippen molar-refractivity contribution in [1.29, 1.82) is 0 Å². The Hall–Kier alpha value is -1.95. The van der Waals surface area contributed by atoms with Gasteiger partial charge in [0.05, 0.1) is 6.04 Å².